The highest BCUT2D eigenvalue weighted by atomic mass is 31.3. The maximum Gasteiger partial charge on any atom is 0.490 e. The number of aryl methyl sites for hydroxylation is 1. The van der Waals surface area contributed by atoms with Crippen molar-refractivity contribution in [1.29, 1.82) is 0 Å². The Hall–Kier alpha value is -3.12. The van der Waals surface area contributed by atoms with Crippen molar-refractivity contribution in [2.24, 2.45) is 0 Å². The zero-order valence-electron chi connectivity index (χ0n) is 24.9. The van der Waals surface area contributed by atoms with Crippen LogP contribution in [-0.4, -0.2) is 65.1 Å². The Balaban J connectivity index is 1.62. The summed E-state index contributed by atoms with van der Waals surface area (Å²) in [5, 5.41) is 13.9. The van der Waals surface area contributed by atoms with Gasteiger partial charge in [-0.1, -0.05) is 60.7 Å². The number of rotatable bonds is 15. The zero-order chi connectivity index (χ0) is 35.3. The molecular formula is C26H32N3O16P3. The number of phosphoric acid groups is 3. The second-order valence-corrected chi connectivity index (χ2v) is 15.0. The van der Waals surface area contributed by atoms with Crippen LogP contribution in [0.1, 0.15) is 35.6 Å². The summed E-state index contributed by atoms with van der Waals surface area (Å²) in [4.78, 5) is 76.9. The molecule has 48 heavy (non-hydrogen) atoms. The first kappa shape index (κ1) is 37.7. The van der Waals surface area contributed by atoms with E-state index >= 15 is 0 Å². The van der Waals surface area contributed by atoms with E-state index in [4.69, 9.17) is 23.8 Å². The number of aromatic amines is 1. The summed E-state index contributed by atoms with van der Waals surface area (Å²) in [7, 11) is -17.3. The lowest BCUT2D eigenvalue weighted by Crippen LogP contribution is -2.49. The van der Waals surface area contributed by atoms with E-state index in [1.165, 1.54) is 6.92 Å². The summed E-state index contributed by atoms with van der Waals surface area (Å²) in [5.74, 6) is -0.474. The van der Waals surface area contributed by atoms with Gasteiger partial charge in [-0.05, 0) is 12.5 Å². The molecule has 6 atom stereocenters. The molecule has 0 bridgehead atoms. The Labute approximate surface area is 271 Å². The molecule has 1 saturated heterocycles. The normalized spacial score (nSPS) is 22.8. The van der Waals surface area contributed by atoms with Gasteiger partial charge in [0, 0.05) is 23.7 Å². The quantitative estimate of drug-likeness (QED) is 0.0855. The van der Waals surface area contributed by atoms with Gasteiger partial charge in [0.15, 0.2) is 6.23 Å². The van der Waals surface area contributed by atoms with Gasteiger partial charge in [-0.25, -0.2) is 18.5 Å². The van der Waals surface area contributed by atoms with Crippen molar-refractivity contribution in [2.75, 3.05) is 13.2 Å². The molecule has 2 aromatic carbocycles. The molecule has 1 aliphatic heterocycles. The number of ether oxygens (including phenoxy) is 2. The van der Waals surface area contributed by atoms with Crippen LogP contribution in [0, 0.1) is 6.92 Å². The van der Waals surface area contributed by atoms with Crippen molar-refractivity contribution < 1.29 is 65.8 Å². The SMILES string of the molecule is Cc1cn([C@H]2C[C@H](O)[C@@](COC(NC(=O)Cc3ccccc3)c3ccccc3)(COP(=O)(O)OP(=O)(O)OP(=O)(O)O)O2)c(=O)[nH]c1=O. The van der Waals surface area contributed by atoms with E-state index in [0.717, 1.165) is 10.8 Å². The second kappa shape index (κ2) is 15.2. The Morgan fingerprint density at radius 1 is 1.00 bits per heavy atom. The summed E-state index contributed by atoms with van der Waals surface area (Å²) in [6.45, 7) is -0.498. The van der Waals surface area contributed by atoms with Gasteiger partial charge in [-0.2, -0.15) is 8.62 Å². The topological polar surface area (TPSA) is 282 Å². The van der Waals surface area contributed by atoms with E-state index in [1.54, 1.807) is 60.7 Å². The van der Waals surface area contributed by atoms with E-state index in [0.29, 0.717) is 11.1 Å². The van der Waals surface area contributed by atoms with Crippen molar-refractivity contribution in [3.63, 3.8) is 0 Å². The number of hydrogen-bond donors (Lipinski definition) is 7. The number of carbonyl (C=O) groups is 1. The summed E-state index contributed by atoms with van der Waals surface area (Å²) in [6.07, 6.45) is -3.50. The maximum atomic E-state index is 13.0. The number of benzene rings is 2. The maximum absolute atomic E-state index is 13.0. The highest BCUT2D eigenvalue weighted by Crippen LogP contribution is 2.66. The predicted octanol–water partition coefficient (Wildman–Crippen LogP) is 1.28. The molecule has 7 N–H and O–H groups in total. The van der Waals surface area contributed by atoms with Crippen molar-refractivity contribution >= 4 is 29.4 Å². The van der Waals surface area contributed by atoms with Crippen LogP contribution in [0.25, 0.3) is 0 Å². The molecular weight excluding hydrogens is 703 g/mol. The Kier molecular flexibility index (Phi) is 11.9. The molecule has 1 aliphatic rings. The van der Waals surface area contributed by atoms with Crippen LogP contribution >= 0.6 is 23.5 Å². The van der Waals surface area contributed by atoms with E-state index in [1.807, 2.05) is 0 Å². The minimum Gasteiger partial charge on any atom is -0.390 e. The van der Waals surface area contributed by atoms with Gasteiger partial charge in [-0.3, -0.25) is 23.7 Å². The third kappa shape index (κ3) is 10.4. The van der Waals surface area contributed by atoms with Gasteiger partial charge in [0.2, 0.25) is 5.91 Å². The highest BCUT2D eigenvalue weighted by molar-refractivity contribution is 7.66. The molecule has 0 saturated carbocycles. The van der Waals surface area contributed by atoms with Crippen LogP contribution in [-0.2, 0) is 47.5 Å². The van der Waals surface area contributed by atoms with Gasteiger partial charge < -0.3 is 39.5 Å². The van der Waals surface area contributed by atoms with Crippen molar-refractivity contribution in [1.82, 2.24) is 14.9 Å². The minimum absolute atomic E-state index is 0.0413. The summed E-state index contributed by atoms with van der Waals surface area (Å²) in [5.41, 5.74) is -2.58. The molecule has 3 unspecified atom stereocenters. The molecule has 4 rings (SSSR count). The van der Waals surface area contributed by atoms with Gasteiger partial charge in [0.05, 0.1) is 25.7 Å². The first-order valence-electron chi connectivity index (χ1n) is 13.8. The summed E-state index contributed by atoms with van der Waals surface area (Å²) in [6, 6.07) is 17.0. The minimum atomic E-state index is -5.89. The Morgan fingerprint density at radius 3 is 2.25 bits per heavy atom. The number of carbonyl (C=O) groups excluding carboxylic acids is 1. The molecule has 1 aromatic heterocycles. The number of phosphoric ester groups is 1. The molecule has 0 spiro atoms. The largest absolute Gasteiger partial charge is 0.490 e. The highest BCUT2D eigenvalue weighted by Gasteiger charge is 2.52. The predicted molar refractivity (Wildman–Crippen MR) is 163 cm³/mol. The van der Waals surface area contributed by atoms with E-state index < -0.39 is 78.0 Å². The number of nitrogens with zero attached hydrogens (tertiary/aromatic N) is 1. The van der Waals surface area contributed by atoms with Gasteiger partial charge in [0.1, 0.15) is 11.8 Å². The Bertz CT molecular complexity index is 1850. The number of amides is 1. The summed E-state index contributed by atoms with van der Waals surface area (Å²) < 4.78 is 60.7. The van der Waals surface area contributed by atoms with Gasteiger partial charge >= 0.3 is 29.2 Å². The van der Waals surface area contributed by atoms with Gasteiger partial charge in [-0.15, -0.1) is 0 Å². The van der Waals surface area contributed by atoms with Crippen LogP contribution in [0.3, 0.4) is 0 Å². The molecule has 0 radical (unpaired) electrons. The molecule has 1 fully saturated rings. The number of hydrogen-bond acceptors (Lipinski definition) is 12. The lowest BCUT2D eigenvalue weighted by atomic mass is 9.98. The summed E-state index contributed by atoms with van der Waals surface area (Å²) >= 11 is 0. The first-order valence-corrected chi connectivity index (χ1v) is 18.4. The van der Waals surface area contributed by atoms with Crippen LogP contribution in [0.4, 0.5) is 0 Å². The molecule has 19 nitrogen and oxygen atoms in total. The molecule has 3 aromatic rings. The van der Waals surface area contributed by atoms with E-state index in [9.17, 15) is 43.0 Å². The van der Waals surface area contributed by atoms with Crippen molar-refractivity contribution in [3.05, 3.63) is 104 Å². The number of aliphatic hydroxyl groups excluding tert-OH is 1. The smallest absolute Gasteiger partial charge is 0.390 e. The molecule has 262 valence electrons. The van der Waals surface area contributed by atoms with Crippen LogP contribution in [0.2, 0.25) is 0 Å². The lowest BCUT2D eigenvalue weighted by Gasteiger charge is -2.34. The molecule has 2 heterocycles. The standard InChI is InChI=1S/C26H32N3O16P3/c1-17-14-29(25(33)28-23(17)32)22-13-20(30)26(43-22,16-42-47(37,38)45-48(39,40)44-46(34,35)36)15-41-24(19-10-6-3-7-11-19)27-21(31)12-18-8-4-2-5-9-18/h2-11,14,20,22,24,30H,12-13,15-16H2,1H3,(H,27,31)(H,37,38)(H,39,40)(H,28,32,33)(H2,34,35,36)/t20-,22+,24?,26+/m0/s1. The zero-order valence-corrected chi connectivity index (χ0v) is 27.6. The number of H-pyrrole nitrogens is 1. The molecule has 22 heteroatoms. The van der Waals surface area contributed by atoms with Crippen molar-refractivity contribution in [3.8, 4) is 0 Å². The first-order chi connectivity index (χ1) is 22.4. The monoisotopic (exact) mass is 735 g/mol. The average molecular weight is 735 g/mol. The third-order valence-electron chi connectivity index (χ3n) is 6.84. The second-order valence-electron chi connectivity index (χ2n) is 10.6. The third-order valence-corrected chi connectivity index (χ3v) is 10.6. The van der Waals surface area contributed by atoms with E-state index in [-0.39, 0.29) is 18.4 Å². The molecule has 1 amide bonds. The van der Waals surface area contributed by atoms with Crippen LogP contribution in [0.5, 0.6) is 0 Å². The Morgan fingerprint density at radius 2 is 1.62 bits per heavy atom. The van der Waals surface area contributed by atoms with Crippen LogP contribution < -0.4 is 16.6 Å². The van der Waals surface area contributed by atoms with Crippen molar-refractivity contribution in [2.45, 2.75) is 43.9 Å². The van der Waals surface area contributed by atoms with Crippen LogP contribution in [0.15, 0.2) is 76.4 Å². The lowest BCUT2D eigenvalue weighted by molar-refractivity contribution is -0.173. The van der Waals surface area contributed by atoms with E-state index in [2.05, 4.69) is 18.9 Å². The number of aliphatic hydroxyl groups is 1. The average Bonchev–Trinajstić information content (AvgIpc) is 3.31. The fourth-order valence-corrected chi connectivity index (χ4v) is 7.70. The fourth-order valence-electron chi connectivity index (χ4n) is 4.62. The molecule has 0 aliphatic carbocycles. The number of nitrogens with one attached hydrogen (secondary N) is 2. The van der Waals surface area contributed by atoms with Gasteiger partial charge in [0.25, 0.3) is 5.56 Å². The fraction of sp³-hybridized carbons (Fsp3) is 0.346. The number of aromatic nitrogens is 2.